The summed E-state index contributed by atoms with van der Waals surface area (Å²) in [6.45, 7) is 6.45. The molecule has 0 amide bonds. The van der Waals surface area contributed by atoms with Crippen LogP contribution in [0.4, 0.5) is 0 Å². The molecule has 0 bridgehead atoms. The summed E-state index contributed by atoms with van der Waals surface area (Å²) in [5, 5.41) is 7.61. The van der Waals surface area contributed by atoms with Gasteiger partial charge in [0.05, 0.1) is 10.1 Å². The molecule has 1 aromatic carbocycles. The number of carboxylic acid groups (broad SMARTS) is 1. The van der Waals surface area contributed by atoms with Gasteiger partial charge in [-0.25, -0.2) is 13.2 Å². The second-order valence-corrected chi connectivity index (χ2v) is 6.10. The molecule has 17 heavy (non-hydrogen) atoms. The first-order valence-corrected chi connectivity index (χ1v) is 6.54. The second kappa shape index (κ2) is 4.71. The lowest BCUT2D eigenvalue weighted by molar-refractivity contribution is -0.132. The van der Waals surface area contributed by atoms with E-state index in [1.54, 1.807) is 12.1 Å². The lowest BCUT2D eigenvalue weighted by Gasteiger charge is -2.12. The Morgan fingerprint density at radius 1 is 1.29 bits per heavy atom. The van der Waals surface area contributed by atoms with Gasteiger partial charge in [0, 0.05) is 5.57 Å². The minimum absolute atomic E-state index is 0.109. The summed E-state index contributed by atoms with van der Waals surface area (Å²) in [7, 11) is -3.68. The van der Waals surface area contributed by atoms with Crippen molar-refractivity contribution in [3.63, 3.8) is 0 Å². The average Bonchev–Trinajstić information content (AvgIpc) is 2.27. The van der Waals surface area contributed by atoms with Crippen molar-refractivity contribution in [2.45, 2.75) is 24.0 Å². The third-order valence-electron chi connectivity index (χ3n) is 2.58. The number of sulfone groups is 1. The molecule has 1 rings (SSSR count). The molecular weight excluding hydrogens is 240 g/mol. The van der Waals surface area contributed by atoms with Crippen LogP contribution in [0.3, 0.4) is 0 Å². The third kappa shape index (κ3) is 2.74. The predicted molar refractivity (Wildman–Crippen MR) is 64.6 cm³/mol. The number of rotatable bonds is 4. The van der Waals surface area contributed by atoms with Gasteiger partial charge in [-0.05, 0) is 26.0 Å². The molecule has 0 heterocycles. The van der Waals surface area contributed by atoms with Crippen LogP contribution in [0, 0.1) is 6.92 Å². The summed E-state index contributed by atoms with van der Waals surface area (Å²) in [4.78, 5) is 10.8. The molecular formula is C12H14O4S. The molecule has 0 aliphatic carbocycles. The van der Waals surface area contributed by atoms with Crippen molar-refractivity contribution in [3.8, 4) is 0 Å². The first-order chi connectivity index (χ1) is 7.76. The van der Waals surface area contributed by atoms with Crippen LogP contribution >= 0.6 is 0 Å². The molecule has 1 aromatic rings. The Bertz CT molecular complexity index is 540. The van der Waals surface area contributed by atoms with E-state index >= 15 is 0 Å². The molecule has 0 spiro atoms. The fourth-order valence-electron chi connectivity index (χ4n) is 1.29. The molecule has 0 saturated heterocycles. The number of carbonyl (C=O) groups is 1. The first kappa shape index (κ1) is 13.4. The molecule has 1 unspecified atom stereocenters. The summed E-state index contributed by atoms with van der Waals surface area (Å²) in [6.07, 6.45) is 0. The summed E-state index contributed by atoms with van der Waals surface area (Å²) >= 11 is 0. The molecule has 0 fully saturated rings. The van der Waals surface area contributed by atoms with Crippen LogP contribution in [0.5, 0.6) is 0 Å². The highest BCUT2D eigenvalue weighted by atomic mass is 32.2. The van der Waals surface area contributed by atoms with E-state index in [4.69, 9.17) is 5.11 Å². The highest BCUT2D eigenvalue weighted by Gasteiger charge is 2.28. The monoisotopic (exact) mass is 254 g/mol. The second-order valence-electron chi connectivity index (χ2n) is 3.83. The minimum Gasteiger partial charge on any atom is -0.478 e. The van der Waals surface area contributed by atoms with E-state index in [-0.39, 0.29) is 10.5 Å². The maximum Gasteiger partial charge on any atom is 0.332 e. The van der Waals surface area contributed by atoms with Gasteiger partial charge in [-0.3, -0.25) is 0 Å². The van der Waals surface area contributed by atoms with Crippen LogP contribution in [-0.2, 0) is 14.6 Å². The molecule has 0 radical (unpaired) electrons. The topological polar surface area (TPSA) is 71.4 Å². The Kier molecular flexibility index (Phi) is 3.72. The van der Waals surface area contributed by atoms with Crippen LogP contribution in [-0.4, -0.2) is 24.7 Å². The number of hydrogen-bond acceptors (Lipinski definition) is 3. The van der Waals surface area contributed by atoms with E-state index < -0.39 is 21.1 Å². The number of aryl methyl sites for hydroxylation is 1. The lowest BCUT2D eigenvalue weighted by atomic mass is 10.2. The van der Waals surface area contributed by atoms with Gasteiger partial charge in [-0.15, -0.1) is 0 Å². The zero-order valence-electron chi connectivity index (χ0n) is 9.67. The SMILES string of the molecule is C=C(C(=O)O)C(C)S(=O)(=O)c1ccc(C)cc1. The summed E-state index contributed by atoms with van der Waals surface area (Å²) in [5.41, 5.74) is 0.610. The van der Waals surface area contributed by atoms with Gasteiger partial charge in [0.2, 0.25) is 0 Å². The summed E-state index contributed by atoms with van der Waals surface area (Å²) in [5.74, 6) is -1.30. The number of benzene rings is 1. The standard InChI is InChI=1S/C12H14O4S/c1-8-4-6-11(7-5-8)17(15,16)10(3)9(2)12(13)14/h4-7,10H,2H2,1,3H3,(H,13,14). The van der Waals surface area contributed by atoms with E-state index in [1.165, 1.54) is 19.1 Å². The van der Waals surface area contributed by atoms with Crippen LogP contribution in [0.2, 0.25) is 0 Å². The predicted octanol–water partition coefficient (Wildman–Crippen LogP) is 1.80. The Morgan fingerprint density at radius 2 is 1.76 bits per heavy atom. The van der Waals surface area contributed by atoms with E-state index in [2.05, 4.69) is 6.58 Å². The lowest BCUT2D eigenvalue weighted by Crippen LogP contribution is -2.24. The number of aliphatic carboxylic acids is 1. The third-order valence-corrected chi connectivity index (χ3v) is 4.73. The van der Waals surface area contributed by atoms with Gasteiger partial charge in [-0.2, -0.15) is 0 Å². The Labute approximate surface area is 101 Å². The van der Waals surface area contributed by atoms with E-state index in [9.17, 15) is 13.2 Å². The Balaban J connectivity index is 3.16. The van der Waals surface area contributed by atoms with Crippen molar-refractivity contribution < 1.29 is 18.3 Å². The highest BCUT2D eigenvalue weighted by molar-refractivity contribution is 7.92. The van der Waals surface area contributed by atoms with Crippen molar-refractivity contribution in [1.82, 2.24) is 0 Å². The highest BCUT2D eigenvalue weighted by Crippen LogP contribution is 2.20. The van der Waals surface area contributed by atoms with Crippen molar-refractivity contribution in [3.05, 3.63) is 42.0 Å². The maximum absolute atomic E-state index is 12.1. The zero-order chi connectivity index (χ0) is 13.2. The van der Waals surface area contributed by atoms with Crippen molar-refractivity contribution in [2.24, 2.45) is 0 Å². The Morgan fingerprint density at radius 3 is 2.18 bits per heavy atom. The molecule has 92 valence electrons. The fraction of sp³-hybridized carbons (Fsp3) is 0.250. The molecule has 1 N–H and O–H groups in total. The van der Waals surface area contributed by atoms with Crippen molar-refractivity contribution >= 4 is 15.8 Å². The summed E-state index contributed by atoms with van der Waals surface area (Å²) in [6, 6.07) is 6.28. The fourth-order valence-corrected chi connectivity index (χ4v) is 2.69. The zero-order valence-corrected chi connectivity index (χ0v) is 10.5. The molecule has 0 aliphatic rings. The van der Waals surface area contributed by atoms with Crippen LogP contribution in [0.25, 0.3) is 0 Å². The van der Waals surface area contributed by atoms with Gasteiger partial charge < -0.3 is 5.11 Å². The van der Waals surface area contributed by atoms with E-state index in [0.29, 0.717) is 0 Å². The molecule has 0 aliphatic heterocycles. The van der Waals surface area contributed by atoms with Crippen LogP contribution in [0.1, 0.15) is 12.5 Å². The van der Waals surface area contributed by atoms with Gasteiger partial charge in [0.25, 0.3) is 0 Å². The van der Waals surface area contributed by atoms with Crippen LogP contribution in [0.15, 0.2) is 41.3 Å². The largest absolute Gasteiger partial charge is 0.478 e. The number of carboxylic acids is 1. The van der Waals surface area contributed by atoms with Crippen molar-refractivity contribution in [2.75, 3.05) is 0 Å². The maximum atomic E-state index is 12.1. The molecule has 0 aromatic heterocycles. The molecule has 5 heteroatoms. The minimum atomic E-state index is -3.68. The van der Waals surface area contributed by atoms with Gasteiger partial charge >= 0.3 is 5.97 Å². The normalized spacial score (nSPS) is 13.1. The smallest absolute Gasteiger partial charge is 0.332 e. The molecule has 1 atom stereocenters. The molecule has 0 saturated carbocycles. The Hall–Kier alpha value is -1.62. The first-order valence-electron chi connectivity index (χ1n) is 4.99. The average molecular weight is 254 g/mol. The van der Waals surface area contributed by atoms with Crippen molar-refractivity contribution in [1.29, 1.82) is 0 Å². The van der Waals surface area contributed by atoms with E-state index in [1.807, 2.05) is 6.92 Å². The summed E-state index contributed by atoms with van der Waals surface area (Å²) < 4.78 is 24.1. The number of hydrogen-bond donors (Lipinski definition) is 1. The van der Waals surface area contributed by atoms with E-state index in [0.717, 1.165) is 5.56 Å². The molecule has 4 nitrogen and oxygen atoms in total. The van der Waals surface area contributed by atoms with Gasteiger partial charge in [-0.1, -0.05) is 24.3 Å². The van der Waals surface area contributed by atoms with Crippen LogP contribution < -0.4 is 0 Å². The van der Waals surface area contributed by atoms with Gasteiger partial charge in [0.15, 0.2) is 9.84 Å². The van der Waals surface area contributed by atoms with Gasteiger partial charge in [0.1, 0.15) is 0 Å². The quantitative estimate of drug-likeness (QED) is 0.832.